The molecule has 0 aliphatic rings. The first kappa shape index (κ1) is 16.0. The van der Waals surface area contributed by atoms with Gasteiger partial charge in [-0.2, -0.15) is 0 Å². The van der Waals surface area contributed by atoms with Gasteiger partial charge in [0.25, 0.3) is 0 Å². The summed E-state index contributed by atoms with van der Waals surface area (Å²) in [6, 6.07) is -1.13. The highest BCUT2D eigenvalue weighted by Crippen LogP contribution is 2.08. The van der Waals surface area contributed by atoms with Crippen LogP contribution in [-0.4, -0.2) is 37.3 Å². The molecule has 0 aliphatic carbocycles. The summed E-state index contributed by atoms with van der Waals surface area (Å²) in [5, 5.41) is 8.55. The second-order valence-corrected chi connectivity index (χ2v) is 6.92. The van der Waals surface area contributed by atoms with Crippen molar-refractivity contribution in [2.45, 2.75) is 31.3 Å². The van der Waals surface area contributed by atoms with E-state index in [2.05, 4.69) is 29.2 Å². The van der Waals surface area contributed by atoms with Gasteiger partial charge in [0.15, 0.2) is 8.87 Å². The average molecular weight is 288 g/mol. The fourth-order valence-electron chi connectivity index (χ4n) is 1.07. The number of nitrogens with one attached hydrogen (secondary N) is 1. The molecular weight excluding hydrogens is 272 g/mol. The van der Waals surface area contributed by atoms with Crippen molar-refractivity contribution >= 4 is 39.3 Å². The van der Waals surface area contributed by atoms with E-state index in [4.69, 9.17) is 10.8 Å². The minimum atomic E-state index is -3.31. The molecule has 0 aromatic carbocycles. The molecule has 0 spiro atoms. The predicted molar refractivity (Wildman–Crippen MR) is 68.1 cm³/mol. The summed E-state index contributed by atoms with van der Waals surface area (Å²) in [6.45, 7) is 0. The summed E-state index contributed by atoms with van der Waals surface area (Å²) >= 11 is 7.25. The van der Waals surface area contributed by atoms with Crippen molar-refractivity contribution in [2.75, 3.05) is 5.75 Å². The third-order valence-corrected chi connectivity index (χ3v) is 3.71. The first-order valence-corrected chi connectivity index (χ1v) is 7.74. The van der Waals surface area contributed by atoms with E-state index in [9.17, 15) is 13.2 Å². The van der Waals surface area contributed by atoms with Crippen LogP contribution in [0.25, 0.3) is 0 Å². The Kier molecular flexibility index (Phi) is 7.40. The number of carboxylic acids is 1. The first-order valence-electron chi connectivity index (χ1n) is 4.59. The lowest BCUT2D eigenvalue weighted by atomic mass is 10.1. The molecule has 0 bridgehead atoms. The van der Waals surface area contributed by atoms with Crippen LogP contribution in [0, 0.1) is 0 Å². The number of nitrogens with two attached hydrogens (primary N) is 1. The number of rotatable bonds is 8. The van der Waals surface area contributed by atoms with Gasteiger partial charge < -0.3 is 10.8 Å². The zero-order valence-corrected chi connectivity index (χ0v) is 11.1. The molecule has 0 heterocycles. The third kappa shape index (κ3) is 8.22. The molecule has 0 aliphatic heterocycles. The van der Waals surface area contributed by atoms with Gasteiger partial charge in [-0.1, -0.05) is 12.8 Å². The third-order valence-electron chi connectivity index (χ3n) is 2.05. The van der Waals surface area contributed by atoms with Gasteiger partial charge >= 0.3 is 5.97 Å². The number of carboxylic acid groups (broad SMARTS) is 1. The summed E-state index contributed by atoms with van der Waals surface area (Å²) in [6.07, 6.45) is 1.03. The molecule has 0 aromatic rings. The molecule has 2 atom stereocenters. The second kappa shape index (κ2) is 7.38. The number of thiol groups is 2. The Balaban J connectivity index is 3.97. The molecule has 0 rings (SSSR count). The number of hydrogen-bond donors (Lipinski definition) is 5. The molecule has 9 heteroatoms. The van der Waals surface area contributed by atoms with Gasteiger partial charge in [-0.05, 0) is 30.9 Å². The van der Waals surface area contributed by atoms with Crippen LogP contribution in [0.4, 0.5) is 0 Å². The highest BCUT2D eigenvalue weighted by Gasteiger charge is 2.16. The zero-order valence-electron chi connectivity index (χ0n) is 8.54. The van der Waals surface area contributed by atoms with Gasteiger partial charge in [-0.25, -0.2) is 8.42 Å². The van der Waals surface area contributed by atoms with Crippen LogP contribution in [0.5, 0.6) is 0 Å². The maximum Gasteiger partial charge on any atom is 0.320 e. The van der Waals surface area contributed by atoms with E-state index in [1.807, 2.05) is 0 Å². The van der Waals surface area contributed by atoms with E-state index in [1.54, 1.807) is 0 Å². The molecule has 0 unspecified atom stereocenters. The van der Waals surface area contributed by atoms with Gasteiger partial charge in [0.2, 0.25) is 0 Å². The van der Waals surface area contributed by atoms with Crippen LogP contribution in [0.1, 0.15) is 19.3 Å². The Labute approximate surface area is 105 Å². The lowest BCUT2D eigenvalue weighted by molar-refractivity contribution is -0.138. The molecule has 0 aromatic heterocycles. The molecule has 4 N–H and O–H groups in total. The largest absolute Gasteiger partial charge is 0.480 e. The summed E-state index contributed by atoms with van der Waals surface area (Å²) in [5.74, 6) is -1.16. The average Bonchev–Trinajstić information content (AvgIpc) is 2.15. The molecule has 96 valence electrons. The molecular formula is C7H16N2O4S3. The minimum Gasteiger partial charge on any atom is -0.480 e. The summed E-state index contributed by atoms with van der Waals surface area (Å²) in [5.41, 5.74) is 5.32. The van der Waals surface area contributed by atoms with Crippen molar-refractivity contribution in [3.63, 3.8) is 0 Å². The fraction of sp³-hybridized carbons (Fsp3) is 0.857. The molecule has 0 saturated carbocycles. The summed E-state index contributed by atoms with van der Waals surface area (Å²) in [4.78, 5) is 10.4. The van der Waals surface area contributed by atoms with Crippen molar-refractivity contribution in [2.24, 2.45) is 5.73 Å². The van der Waals surface area contributed by atoms with Crippen LogP contribution in [0.15, 0.2) is 0 Å². The Hall–Kier alpha value is 0.0400. The van der Waals surface area contributed by atoms with Crippen LogP contribution in [0.3, 0.4) is 0 Å². The second-order valence-electron chi connectivity index (χ2n) is 3.42. The van der Waals surface area contributed by atoms with E-state index in [-0.39, 0.29) is 18.2 Å². The maximum absolute atomic E-state index is 10.8. The normalized spacial score (nSPS) is 15.7. The minimum absolute atomic E-state index is 0.0867. The topological polar surface area (TPSA) is 109 Å². The Bertz CT molecular complexity index is 320. The van der Waals surface area contributed by atoms with Crippen LogP contribution < -0.4 is 10.5 Å². The summed E-state index contributed by atoms with van der Waals surface area (Å²) < 4.78 is 24.2. The van der Waals surface area contributed by atoms with Crippen molar-refractivity contribution < 1.29 is 18.3 Å². The van der Waals surface area contributed by atoms with Crippen molar-refractivity contribution in [1.82, 2.24) is 4.72 Å². The van der Waals surface area contributed by atoms with Gasteiger partial charge in [0.05, 0.1) is 5.75 Å². The quantitative estimate of drug-likeness (QED) is 0.308. The lowest BCUT2D eigenvalue weighted by Crippen LogP contribution is -2.33. The SMILES string of the molecule is N[C@H](CC[C@@H](CCS(=O)(=O)S)NS)C(=O)O. The Morgan fingerprint density at radius 3 is 2.31 bits per heavy atom. The molecule has 16 heavy (non-hydrogen) atoms. The van der Waals surface area contributed by atoms with E-state index in [1.165, 1.54) is 0 Å². The Morgan fingerprint density at radius 1 is 1.38 bits per heavy atom. The van der Waals surface area contributed by atoms with Gasteiger partial charge in [0.1, 0.15) is 6.04 Å². The van der Waals surface area contributed by atoms with E-state index in [0.29, 0.717) is 12.8 Å². The van der Waals surface area contributed by atoms with Crippen LogP contribution >= 0.6 is 24.5 Å². The highest BCUT2D eigenvalue weighted by molar-refractivity contribution is 8.63. The first-order chi connectivity index (χ1) is 7.26. The standard InChI is InChI=1S/C7H16N2O4S3/c8-6(7(10)11)2-1-5(9-14)3-4-16(12,13)15/h5-6,9,14H,1-4,8H2,(H,10,11)(H,12,13,15)/t5-,6+/m0/s1. The van der Waals surface area contributed by atoms with Gasteiger partial charge in [-0.15, -0.1) is 0 Å². The van der Waals surface area contributed by atoms with Crippen molar-refractivity contribution in [3.8, 4) is 0 Å². The van der Waals surface area contributed by atoms with E-state index in [0.717, 1.165) is 0 Å². The van der Waals surface area contributed by atoms with Crippen molar-refractivity contribution in [3.05, 3.63) is 0 Å². The molecule has 0 saturated heterocycles. The predicted octanol–water partition coefficient (Wildman–Crippen LogP) is -0.369. The van der Waals surface area contributed by atoms with E-state index >= 15 is 0 Å². The highest BCUT2D eigenvalue weighted by atomic mass is 33.1. The number of hydrogen-bond acceptors (Lipinski definition) is 6. The number of aliphatic carboxylic acids is 1. The fourth-order valence-corrected chi connectivity index (χ4v) is 2.23. The van der Waals surface area contributed by atoms with Gasteiger partial charge in [0, 0.05) is 6.04 Å². The summed E-state index contributed by atoms with van der Waals surface area (Å²) in [7, 11) is -3.31. The van der Waals surface area contributed by atoms with E-state index < -0.39 is 20.9 Å². The molecule has 0 amide bonds. The maximum atomic E-state index is 10.8. The van der Waals surface area contributed by atoms with Crippen LogP contribution in [0.2, 0.25) is 0 Å². The van der Waals surface area contributed by atoms with Crippen LogP contribution in [-0.2, 0) is 13.7 Å². The Morgan fingerprint density at radius 2 is 1.94 bits per heavy atom. The number of carbonyl (C=O) groups is 1. The zero-order chi connectivity index (χ0) is 12.8. The smallest absolute Gasteiger partial charge is 0.320 e. The molecule has 6 nitrogen and oxygen atoms in total. The monoisotopic (exact) mass is 288 g/mol. The lowest BCUT2D eigenvalue weighted by Gasteiger charge is -2.15. The van der Waals surface area contributed by atoms with Crippen molar-refractivity contribution in [1.29, 1.82) is 0 Å². The molecule has 0 radical (unpaired) electrons. The molecule has 0 fully saturated rings. The van der Waals surface area contributed by atoms with Gasteiger partial charge in [-0.3, -0.25) is 9.52 Å².